The average molecular weight is 448 g/mol. The van der Waals surface area contributed by atoms with Gasteiger partial charge in [-0.25, -0.2) is 0 Å². The number of carbonyl (C=O) groups is 1. The summed E-state index contributed by atoms with van der Waals surface area (Å²) in [7, 11) is 1.61. The van der Waals surface area contributed by atoms with Crippen LogP contribution in [0.15, 0.2) is 88.9 Å². The molecule has 0 unspecified atom stereocenters. The van der Waals surface area contributed by atoms with Crippen molar-refractivity contribution in [3.05, 3.63) is 100 Å². The number of phenols is 1. The maximum absolute atomic E-state index is 13.3. The van der Waals surface area contributed by atoms with Gasteiger partial charge in [-0.05, 0) is 75.6 Å². The summed E-state index contributed by atoms with van der Waals surface area (Å²) < 4.78 is 6.10. The molecule has 0 atom stereocenters. The maximum Gasteiger partial charge on any atom is 0.262 e. The van der Waals surface area contributed by atoms with Crippen molar-refractivity contribution >= 4 is 39.3 Å². The highest BCUT2D eigenvalue weighted by atomic mass is 79.9. The number of hydrogen-bond acceptors (Lipinski definition) is 3. The van der Waals surface area contributed by atoms with Crippen LogP contribution >= 0.6 is 15.9 Å². The first-order chi connectivity index (χ1) is 14.1. The molecule has 1 amide bonds. The number of amides is 1. The second-order valence-corrected chi connectivity index (χ2v) is 7.40. The Balaban J connectivity index is 1.79. The van der Waals surface area contributed by atoms with E-state index in [4.69, 9.17) is 4.74 Å². The van der Waals surface area contributed by atoms with Crippen LogP contribution in [0.25, 0.3) is 11.8 Å². The highest BCUT2D eigenvalue weighted by Crippen LogP contribution is 2.36. The van der Waals surface area contributed by atoms with Crippen LogP contribution in [-0.4, -0.2) is 18.1 Å². The molecule has 29 heavy (non-hydrogen) atoms. The Labute approximate surface area is 177 Å². The van der Waals surface area contributed by atoms with Gasteiger partial charge in [-0.1, -0.05) is 36.4 Å². The van der Waals surface area contributed by atoms with Crippen LogP contribution < -0.4 is 9.64 Å². The number of methoxy groups -OCH3 is 1. The van der Waals surface area contributed by atoms with Gasteiger partial charge in [0.15, 0.2) is 0 Å². The number of halogens is 1. The average Bonchev–Trinajstić information content (AvgIpc) is 3.06. The van der Waals surface area contributed by atoms with E-state index >= 15 is 0 Å². The van der Waals surface area contributed by atoms with Crippen molar-refractivity contribution in [1.82, 2.24) is 0 Å². The van der Waals surface area contributed by atoms with E-state index in [1.54, 1.807) is 36.3 Å². The fourth-order valence-corrected chi connectivity index (χ4v) is 3.81. The minimum atomic E-state index is -0.124. The van der Waals surface area contributed by atoms with Crippen LogP contribution in [0, 0.1) is 0 Å². The van der Waals surface area contributed by atoms with Gasteiger partial charge in [0.05, 0.1) is 17.3 Å². The summed E-state index contributed by atoms with van der Waals surface area (Å²) in [4.78, 5) is 15.0. The Morgan fingerprint density at radius 3 is 2.38 bits per heavy atom. The molecule has 4 nitrogen and oxygen atoms in total. The molecule has 0 spiro atoms. The summed E-state index contributed by atoms with van der Waals surface area (Å²) in [6.07, 6.45) is 3.75. The standard InChI is InChI=1S/C24H18BrNO3/c1-29-23-12-7-16(14-21(23)25)13-18-15-22(17-5-3-2-4-6-17)26(24(18)28)19-8-10-20(27)11-9-19/h2-15,27H,1H3. The van der Waals surface area contributed by atoms with Gasteiger partial charge in [-0.15, -0.1) is 0 Å². The maximum atomic E-state index is 13.3. The highest BCUT2D eigenvalue weighted by Gasteiger charge is 2.30. The second kappa shape index (κ2) is 7.97. The Morgan fingerprint density at radius 2 is 1.72 bits per heavy atom. The molecule has 1 heterocycles. The number of nitrogens with zero attached hydrogens (tertiary/aromatic N) is 1. The molecule has 1 aliphatic rings. The van der Waals surface area contributed by atoms with Crippen molar-refractivity contribution in [1.29, 1.82) is 0 Å². The SMILES string of the molecule is COc1ccc(C=C2C=C(c3ccccc3)N(c3ccc(O)cc3)C2=O)cc1Br. The van der Waals surface area contributed by atoms with Gasteiger partial charge in [-0.2, -0.15) is 0 Å². The van der Waals surface area contributed by atoms with E-state index in [0.717, 1.165) is 27.0 Å². The fraction of sp³-hybridized carbons (Fsp3) is 0.0417. The molecule has 5 heteroatoms. The van der Waals surface area contributed by atoms with Crippen molar-refractivity contribution in [3.8, 4) is 11.5 Å². The molecule has 4 rings (SSSR count). The monoisotopic (exact) mass is 447 g/mol. The zero-order chi connectivity index (χ0) is 20.4. The fourth-order valence-electron chi connectivity index (χ4n) is 3.25. The number of rotatable bonds is 4. The molecular formula is C24H18BrNO3. The van der Waals surface area contributed by atoms with Crippen LogP contribution in [0.1, 0.15) is 11.1 Å². The zero-order valence-electron chi connectivity index (χ0n) is 15.7. The van der Waals surface area contributed by atoms with Crippen LogP contribution in [-0.2, 0) is 4.79 Å². The van der Waals surface area contributed by atoms with Crippen molar-refractivity contribution in [2.24, 2.45) is 0 Å². The van der Waals surface area contributed by atoms with Gasteiger partial charge >= 0.3 is 0 Å². The van der Waals surface area contributed by atoms with Crippen LogP contribution in [0.2, 0.25) is 0 Å². The first kappa shape index (κ1) is 19.0. The number of anilines is 1. The van der Waals surface area contributed by atoms with E-state index in [1.165, 1.54) is 0 Å². The lowest BCUT2D eigenvalue weighted by Crippen LogP contribution is -2.24. The molecule has 0 saturated carbocycles. The molecule has 144 valence electrons. The van der Waals surface area contributed by atoms with E-state index in [0.29, 0.717) is 11.3 Å². The van der Waals surface area contributed by atoms with Gasteiger partial charge in [0, 0.05) is 11.3 Å². The normalized spacial score (nSPS) is 15.0. The largest absolute Gasteiger partial charge is 0.508 e. The summed E-state index contributed by atoms with van der Waals surface area (Å²) in [6, 6.07) is 22.1. The Hall–Kier alpha value is -3.31. The third-order valence-corrected chi connectivity index (χ3v) is 5.28. The molecule has 1 N–H and O–H groups in total. The lowest BCUT2D eigenvalue weighted by Gasteiger charge is -2.20. The number of carbonyl (C=O) groups excluding carboxylic acids is 1. The van der Waals surface area contributed by atoms with E-state index in [9.17, 15) is 9.90 Å². The van der Waals surface area contributed by atoms with Gasteiger partial charge in [0.2, 0.25) is 0 Å². The molecule has 0 radical (unpaired) electrons. The molecule has 0 aromatic heterocycles. The van der Waals surface area contributed by atoms with Crippen molar-refractivity contribution in [2.45, 2.75) is 0 Å². The van der Waals surface area contributed by atoms with Gasteiger partial charge in [0.25, 0.3) is 5.91 Å². The minimum Gasteiger partial charge on any atom is -0.508 e. The summed E-state index contributed by atoms with van der Waals surface area (Å²) >= 11 is 3.49. The van der Waals surface area contributed by atoms with Crippen molar-refractivity contribution in [3.63, 3.8) is 0 Å². The van der Waals surface area contributed by atoms with E-state index < -0.39 is 0 Å². The molecule has 0 bridgehead atoms. The minimum absolute atomic E-state index is 0.124. The molecule has 3 aromatic carbocycles. The number of hydrogen-bond donors (Lipinski definition) is 1. The molecular weight excluding hydrogens is 430 g/mol. The molecule has 0 saturated heterocycles. The summed E-state index contributed by atoms with van der Waals surface area (Å²) in [5, 5.41) is 9.62. The van der Waals surface area contributed by atoms with Gasteiger partial charge in [-0.3, -0.25) is 9.69 Å². The lowest BCUT2D eigenvalue weighted by atomic mass is 10.1. The number of aromatic hydroxyl groups is 1. The summed E-state index contributed by atoms with van der Waals surface area (Å²) in [5.74, 6) is 0.766. The van der Waals surface area contributed by atoms with E-state index in [-0.39, 0.29) is 11.7 Å². The van der Waals surface area contributed by atoms with Gasteiger partial charge < -0.3 is 9.84 Å². The topological polar surface area (TPSA) is 49.8 Å². The van der Waals surface area contributed by atoms with Crippen molar-refractivity contribution < 1.29 is 14.6 Å². The summed E-state index contributed by atoms with van der Waals surface area (Å²) in [5.41, 5.74) is 3.89. The summed E-state index contributed by atoms with van der Waals surface area (Å²) in [6.45, 7) is 0. The quantitative estimate of drug-likeness (QED) is 0.526. The highest BCUT2D eigenvalue weighted by molar-refractivity contribution is 9.10. The number of benzene rings is 3. The molecule has 0 fully saturated rings. The smallest absolute Gasteiger partial charge is 0.262 e. The Morgan fingerprint density at radius 1 is 1.00 bits per heavy atom. The first-order valence-electron chi connectivity index (χ1n) is 9.02. The molecule has 1 aliphatic heterocycles. The second-order valence-electron chi connectivity index (χ2n) is 6.55. The molecule has 0 aliphatic carbocycles. The number of ether oxygens (including phenoxy) is 1. The Bertz CT molecular complexity index is 1120. The zero-order valence-corrected chi connectivity index (χ0v) is 17.3. The van der Waals surface area contributed by atoms with E-state index in [2.05, 4.69) is 15.9 Å². The van der Waals surface area contributed by atoms with Crippen LogP contribution in [0.5, 0.6) is 11.5 Å². The third kappa shape index (κ3) is 3.82. The predicted molar refractivity (Wildman–Crippen MR) is 119 cm³/mol. The van der Waals surface area contributed by atoms with E-state index in [1.807, 2.05) is 60.7 Å². The number of phenolic OH excluding ortho intramolecular Hbond substituents is 1. The molecule has 3 aromatic rings. The van der Waals surface area contributed by atoms with Crippen molar-refractivity contribution in [2.75, 3.05) is 12.0 Å². The first-order valence-corrected chi connectivity index (χ1v) is 9.82. The third-order valence-electron chi connectivity index (χ3n) is 4.66. The van der Waals surface area contributed by atoms with Gasteiger partial charge in [0.1, 0.15) is 11.5 Å². The lowest BCUT2D eigenvalue weighted by molar-refractivity contribution is -0.113. The van der Waals surface area contributed by atoms with Crippen LogP contribution in [0.4, 0.5) is 5.69 Å². The predicted octanol–water partition coefficient (Wildman–Crippen LogP) is 5.63. The Kier molecular flexibility index (Phi) is 5.23. The van der Waals surface area contributed by atoms with Crippen LogP contribution in [0.3, 0.4) is 0 Å².